The number of hydrogen-bond donors (Lipinski definition) is 1. The van der Waals surface area contributed by atoms with Crippen LogP contribution in [0.1, 0.15) is 31.2 Å². The third kappa shape index (κ3) is 4.63. The molecule has 0 aromatic heterocycles. The van der Waals surface area contributed by atoms with E-state index in [-0.39, 0.29) is 35.7 Å². The van der Waals surface area contributed by atoms with E-state index in [4.69, 9.17) is 4.74 Å². The molecule has 3 fully saturated rings. The van der Waals surface area contributed by atoms with Crippen LogP contribution in [0.3, 0.4) is 0 Å². The Labute approximate surface area is 291 Å². The van der Waals surface area contributed by atoms with Crippen LogP contribution >= 0.6 is 0 Å². The Hall–Kier alpha value is -6.12. The molecule has 1 N–H and O–H groups in total. The lowest BCUT2D eigenvalue weighted by atomic mass is 9.51. The molecular weight excluding hydrogens is 662 g/mol. The molecule has 0 spiro atoms. The fourth-order valence-corrected chi connectivity index (χ4v) is 8.83. The second-order valence-electron chi connectivity index (χ2n) is 13.6. The number of fused-ring (bicyclic) bond motifs is 4. The maximum Gasteiger partial charge on any atom is 0.301 e. The third-order valence-electron chi connectivity index (χ3n) is 11.0. The summed E-state index contributed by atoms with van der Waals surface area (Å²) in [5.41, 5.74) is -2.06. The maximum atomic E-state index is 14.5. The number of ether oxygens (including phenoxy) is 1. The summed E-state index contributed by atoms with van der Waals surface area (Å²) in [6.45, 7) is 1.69. The molecule has 51 heavy (non-hydrogen) atoms. The molecule has 6 unspecified atom stereocenters. The van der Waals surface area contributed by atoms with E-state index in [1.807, 2.05) is 0 Å². The number of hydrogen-bond acceptors (Lipinski definition) is 11. The largest absolute Gasteiger partial charge is 0.504 e. The Morgan fingerprint density at radius 1 is 0.863 bits per heavy atom. The normalized spacial score (nSPS) is 26.7. The minimum atomic E-state index is -1.42. The highest BCUT2D eigenvalue weighted by molar-refractivity contribution is 6.25. The van der Waals surface area contributed by atoms with Crippen LogP contribution in [0.2, 0.25) is 0 Å². The number of nitrogens with zero attached hydrogens (tertiary/aromatic N) is 5. The first-order valence-electron chi connectivity index (χ1n) is 16.2. The Bertz CT molecular complexity index is 2060. The van der Waals surface area contributed by atoms with Gasteiger partial charge in [-0.3, -0.25) is 39.4 Å². The number of phenolic OH excluding ortho intramolecular Hbond substituents is 1. The highest BCUT2D eigenvalue weighted by atomic mass is 16.6. The number of imide groups is 2. The monoisotopic (exact) mass is 695 g/mol. The van der Waals surface area contributed by atoms with E-state index in [0.717, 1.165) is 21.9 Å². The van der Waals surface area contributed by atoms with Gasteiger partial charge in [-0.1, -0.05) is 42.0 Å². The predicted octanol–water partition coefficient (Wildman–Crippen LogP) is 4.72. The number of anilines is 3. The maximum absolute atomic E-state index is 14.5. The van der Waals surface area contributed by atoms with Gasteiger partial charge in [0.2, 0.25) is 23.6 Å². The van der Waals surface area contributed by atoms with E-state index in [1.54, 1.807) is 61.5 Å². The lowest BCUT2D eigenvalue weighted by Gasteiger charge is -2.49. The lowest BCUT2D eigenvalue weighted by Crippen LogP contribution is -2.48. The highest BCUT2D eigenvalue weighted by Gasteiger charge is 2.68. The van der Waals surface area contributed by atoms with Crippen LogP contribution in [-0.4, -0.2) is 59.8 Å². The summed E-state index contributed by atoms with van der Waals surface area (Å²) in [6, 6.07) is 15.3. The number of allylic oxidation sites excluding steroid dienone is 2. The summed E-state index contributed by atoms with van der Waals surface area (Å²) in [6.07, 6.45) is 1.85. The van der Waals surface area contributed by atoms with Crippen molar-refractivity contribution < 1.29 is 38.9 Å². The van der Waals surface area contributed by atoms with Crippen molar-refractivity contribution in [2.45, 2.75) is 25.7 Å². The number of methoxy groups -OCH3 is 1. The van der Waals surface area contributed by atoms with Crippen molar-refractivity contribution in [1.29, 1.82) is 0 Å². The third-order valence-corrected chi connectivity index (χ3v) is 11.0. The quantitative estimate of drug-likeness (QED) is 0.156. The molecule has 0 bridgehead atoms. The molecule has 2 saturated heterocycles. The zero-order valence-electron chi connectivity index (χ0n) is 28.0. The van der Waals surface area contributed by atoms with Gasteiger partial charge in [-0.2, -0.15) is 0 Å². The first-order valence-corrected chi connectivity index (χ1v) is 16.2. The number of carbonyl (C=O) groups excluding carboxylic acids is 4. The average molecular weight is 696 g/mol. The Morgan fingerprint density at radius 3 is 2.10 bits per heavy atom. The van der Waals surface area contributed by atoms with Crippen LogP contribution in [0.15, 0.2) is 72.3 Å². The number of nitro groups is 2. The number of rotatable bonds is 7. The van der Waals surface area contributed by atoms with Gasteiger partial charge in [0.05, 0.1) is 51.5 Å². The van der Waals surface area contributed by atoms with E-state index in [9.17, 15) is 44.5 Å². The smallest absolute Gasteiger partial charge is 0.301 e. The topological polar surface area (TPSA) is 194 Å². The van der Waals surface area contributed by atoms with E-state index >= 15 is 0 Å². The van der Waals surface area contributed by atoms with Gasteiger partial charge in [0.15, 0.2) is 17.2 Å². The zero-order chi connectivity index (χ0) is 36.7. The van der Waals surface area contributed by atoms with E-state index < -0.39 is 79.9 Å². The van der Waals surface area contributed by atoms with Gasteiger partial charge in [-0.05, 0) is 43.9 Å². The van der Waals surface area contributed by atoms with Crippen LogP contribution in [0.5, 0.6) is 11.5 Å². The number of phenols is 1. The number of amides is 4. The molecule has 2 heterocycles. The van der Waals surface area contributed by atoms with Crippen LogP contribution in [0, 0.1) is 49.3 Å². The molecule has 6 atom stereocenters. The Balaban J connectivity index is 1.38. The number of nitro benzene ring substituents is 2. The summed E-state index contributed by atoms with van der Waals surface area (Å²) in [5, 5.41) is 35.7. The van der Waals surface area contributed by atoms with Crippen molar-refractivity contribution in [3.05, 3.63) is 98.1 Å². The van der Waals surface area contributed by atoms with Crippen molar-refractivity contribution in [2.75, 3.05) is 35.9 Å². The summed E-state index contributed by atoms with van der Waals surface area (Å²) < 4.78 is 5.40. The SMILES string of the molecule is COc1cccc(C2C3=CCC4C(=O)N(c5cc([N+](=O)[O-])c(N(C)C)c([N+](=O)[O-])c5)C(=O)C4C3CC3C(=O)N(c4ccccc4)C(=O)C32C)c1O. The lowest BCUT2D eigenvalue weighted by molar-refractivity contribution is -0.392. The highest BCUT2D eigenvalue weighted by Crippen LogP contribution is 2.65. The standard InChI is InChI=1S/C36H33N5O10/c1-36-24(33(44)39(35(36)46)18-9-6-5-7-10-18)17-23-20(29(36)22-11-8-12-27(51-4)31(22)42)13-14-21-28(23)34(45)38(32(21)43)19-15-25(40(47)48)30(37(2)3)26(16-19)41(49)50/h5-13,15-16,21,23-24,28-29,42H,14,17H2,1-4H3. The number of para-hydroxylation sites is 2. The van der Waals surface area contributed by atoms with Gasteiger partial charge in [0.25, 0.3) is 0 Å². The number of benzene rings is 3. The molecule has 0 radical (unpaired) electrons. The summed E-state index contributed by atoms with van der Waals surface area (Å²) in [7, 11) is 4.20. The minimum Gasteiger partial charge on any atom is -0.504 e. The average Bonchev–Trinajstić information content (AvgIpc) is 3.47. The van der Waals surface area contributed by atoms with Gasteiger partial charge in [0, 0.05) is 37.7 Å². The van der Waals surface area contributed by atoms with Crippen molar-refractivity contribution in [3.8, 4) is 11.5 Å². The fourth-order valence-electron chi connectivity index (χ4n) is 8.83. The molecule has 15 nitrogen and oxygen atoms in total. The molecule has 2 aliphatic heterocycles. The van der Waals surface area contributed by atoms with Gasteiger partial charge in [-0.25, -0.2) is 9.80 Å². The molecule has 4 amide bonds. The molecule has 2 aliphatic carbocycles. The molecule has 262 valence electrons. The predicted molar refractivity (Wildman–Crippen MR) is 182 cm³/mol. The molecule has 7 rings (SSSR count). The van der Waals surface area contributed by atoms with Crippen LogP contribution in [-0.2, 0) is 19.2 Å². The van der Waals surface area contributed by atoms with Crippen LogP contribution in [0.4, 0.5) is 28.4 Å². The molecule has 1 saturated carbocycles. The van der Waals surface area contributed by atoms with Crippen molar-refractivity contribution in [1.82, 2.24) is 0 Å². The molecule has 4 aliphatic rings. The first kappa shape index (κ1) is 33.4. The summed E-state index contributed by atoms with van der Waals surface area (Å²) in [4.78, 5) is 83.2. The second kappa shape index (κ2) is 11.7. The van der Waals surface area contributed by atoms with Gasteiger partial charge >= 0.3 is 11.4 Å². The molecular formula is C36H33N5O10. The first-order chi connectivity index (χ1) is 24.2. The Morgan fingerprint density at radius 2 is 1.51 bits per heavy atom. The summed E-state index contributed by atoms with van der Waals surface area (Å²) in [5.74, 6) is -7.12. The molecule has 15 heteroatoms. The van der Waals surface area contributed by atoms with Crippen molar-refractivity contribution >= 4 is 52.1 Å². The number of carbonyl (C=O) groups is 4. The minimum absolute atomic E-state index is 0.0192. The molecule has 3 aromatic rings. The van der Waals surface area contributed by atoms with Crippen LogP contribution in [0.25, 0.3) is 0 Å². The van der Waals surface area contributed by atoms with Crippen molar-refractivity contribution in [2.24, 2.45) is 29.1 Å². The second-order valence-corrected chi connectivity index (χ2v) is 13.6. The van der Waals surface area contributed by atoms with Gasteiger partial charge in [-0.15, -0.1) is 0 Å². The summed E-state index contributed by atoms with van der Waals surface area (Å²) >= 11 is 0. The van der Waals surface area contributed by atoms with Gasteiger partial charge in [0.1, 0.15) is 0 Å². The fraction of sp³-hybridized carbons (Fsp3) is 0.333. The molecule has 3 aromatic carbocycles. The van der Waals surface area contributed by atoms with E-state index in [0.29, 0.717) is 16.8 Å². The van der Waals surface area contributed by atoms with E-state index in [1.165, 1.54) is 26.1 Å². The van der Waals surface area contributed by atoms with Crippen LogP contribution < -0.4 is 19.4 Å². The van der Waals surface area contributed by atoms with Crippen molar-refractivity contribution in [3.63, 3.8) is 0 Å². The Kier molecular flexibility index (Phi) is 7.69. The van der Waals surface area contributed by atoms with E-state index in [2.05, 4.69) is 0 Å². The van der Waals surface area contributed by atoms with Gasteiger partial charge < -0.3 is 14.7 Å². The zero-order valence-corrected chi connectivity index (χ0v) is 28.0. The number of aromatic hydroxyl groups is 1.